The second-order valence-electron chi connectivity index (χ2n) is 7.37. The molecule has 2 atom stereocenters. The number of rotatable bonds is 5. The zero-order valence-electron chi connectivity index (χ0n) is 15.4. The zero-order valence-corrected chi connectivity index (χ0v) is 16.2. The molecule has 1 aromatic carbocycles. The van der Waals surface area contributed by atoms with Crippen LogP contribution < -0.4 is 10.6 Å². The number of anilines is 1. The molecule has 1 aromatic heterocycles. The lowest BCUT2D eigenvalue weighted by Gasteiger charge is -2.34. The van der Waals surface area contributed by atoms with Gasteiger partial charge < -0.3 is 10.6 Å². The Labute approximate surface area is 163 Å². The van der Waals surface area contributed by atoms with Gasteiger partial charge in [0.2, 0.25) is 5.95 Å². The highest BCUT2D eigenvalue weighted by atomic mass is 32.2. The van der Waals surface area contributed by atoms with Gasteiger partial charge in [-0.15, -0.1) is 0 Å². The van der Waals surface area contributed by atoms with E-state index in [1.807, 2.05) is 0 Å². The van der Waals surface area contributed by atoms with Crippen molar-refractivity contribution >= 4 is 16.7 Å². The van der Waals surface area contributed by atoms with Crippen LogP contribution in [0.3, 0.4) is 0 Å². The molecule has 2 heterocycles. The topological polar surface area (TPSA) is 72.1 Å². The maximum Gasteiger partial charge on any atom is 0.290 e. The summed E-state index contributed by atoms with van der Waals surface area (Å²) in [6, 6.07) is 6.80. The number of halogens is 3. The number of aromatic nitrogens is 2. The molecule has 1 aliphatic heterocycles. The highest BCUT2D eigenvalue weighted by Crippen LogP contribution is 2.44. The quantitative estimate of drug-likeness (QED) is 0.821. The molecule has 28 heavy (non-hydrogen) atoms. The van der Waals surface area contributed by atoms with Gasteiger partial charge >= 0.3 is 0 Å². The normalized spacial score (nSPS) is 20.5. The third-order valence-electron chi connectivity index (χ3n) is 5.18. The monoisotopic (exact) mass is 410 g/mol. The molecule has 2 unspecified atom stereocenters. The lowest BCUT2D eigenvalue weighted by molar-refractivity contribution is -0.00594. The first-order chi connectivity index (χ1) is 13.2. The lowest BCUT2D eigenvalue weighted by atomic mass is 10.0. The Morgan fingerprint density at radius 1 is 1.29 bits per heavy atom. The van der Waals surface area contributed by atoms with Gasteiger partial charge in [0.15, 0.2) is 0 Å². The number of hydrogen-bond acceptors (Lipinski definition) is 5. The van der Waals surface area contributed by atoms with Gasteiger partial charge in [-0.2, -0.15) is 8.78 Å². The number of nitrogens with two attached hydrogens (primary N) is 1. The summed E-state index contributed by atoms with van der Waals surface area (Å²) in [5.41, 5.74) is 8.20. The van der Waals surface area contributed by atoms with Crippen LogP contribution >= 0.6 is 0 Å². The van der Waals surface area contributed by atoms with Crippen LogP contribution in [0.1, 0.15) is 29.3 Å². The number of benzene rings is 1. The Balaban J connectivity index is 1.72. The first-order valence-corrected chi connectivity index (χ1v) is 10.8. The van der Waals surface area contributed by atoms with E-state index < -0.39 is 22.9 Å². The smallest absolute Gasteiger partial charge is 0.290 e. The third-order valence-corrected chi connectivity index (χ3v) is 6.01. The Morgan fingerprint density at radius 3 is 2.57 bits per heavy atom. The molecule has 0 radical (unpaired) electrons. The molecule has 2 N–H and O–H groups in total. The molecule has 0 amide bonds. The minimum absolute atomic E-state index is 0.117. The van der Waals surface area contributed by atoms with E-state index in [0.29, 0.717) is 22.6 Å². The van der Waals surface area contributed by atoms with Gasteiger partial charge in [0, 0.05) is 46.4 Å². The average molecular weight is 410 g/mol. The third kappa shape index (κ3) is 3.53. The number of fused-ring (bicyclic) bond motifs is 1. The summed E-state index contributed by atoms with van der Waals surface area (Å²) in [5, 5.41) is 0. The fourth-order valence-corrected chi connectivity index (χ4v) is 4.32. The number of hydrogen-bond donors (Lipinski definition) is 1. The van der Waals surface area contributed by atoms with Crippen LogP contribution in [-0.2, 0) is 23.1 Å². The summed E-state index contributed by atoms with van der Waals surface area (Å²) < 4.78 is 53.3. The minimum atomic E-state index is -3.00. The lowest BCUT2D eigenvalue weighted by Crippen LogP contribution is -2.49. The minimum Gasteiger partial charge on any atom is -0.335 e. The SMILES string of the molecule is CS(=O)CC(N)c1ccc(-c2nc(N3CC(F)C3)nc3c2CCC3(F)F)cc1. The van der Waals surface area contributed by atoms with Crippen molar-refractivity contribution in [1.82, 2.24) is 9.97 Å². The Bertz CT molecular complexity index is 916. The maximum atomic E-state index is 14.3. The largest absolute Gasteiger partial charge is 0.335 e. The molecular weight excluding hydrogens is 389 g/mol. The summed E-state index contributed by atoms with van der Waals surface area (Å²) in [4.78, 5) is 10.1. The van der Waals surface area contributed by atoms with Crippen LogP contribution in [0.15, 0.2) is 24.3 Å². The van der Waals surface area contributed by atoms with Crippen molar-refractivity contribution in [1.29, 1.82) is 0 Å². The van der Waals surface area contributed by atoms with E-state index in [1.54, 1.807) is 35.4 Å². The maximum absolute atomic E-state index is 14.3. The first-order valence-electron chi connectivity index (χ1n) is 9.09. The highest BCUT2D eigenvalue weighted by molar-refractivity contribution is 7.84. The zero-order chi connectivity index (χ0) is 20.1. The van der Waals surface area contributed by atoms with Gasteiger partial charge in [-0.3, -0.25) is 4.21 Å². The van der Waals surface area contributed by atoms with Crippen LogP contribution in [0.2, 0.25) is 0 Å². The molecule has 4 rings (SSSR count). The highest BCUT2D eigenvalue weighted by Gasteiger charge is 2.44. The van der Waals surface area contributed by atoms with Crippen molar-refractivity contribution in [2.24, 2.45) is 5.73 Å². The van der Waals surface area contributed by atoms with Crippen molar-refractivity contribution in [3.63, 3.8) is 0 Å². The van der Waals surface area contributed by atoms with E-state index in [0.717, 1.165) is 5.56 Å². The number of alkyl halides is 3. The molecule has 0 saturated carbocycles. The van der Waals surface area contributed by atoms with Gasteiger partial charge in [-0.05, 0) is 12.0 Å². The van der Waals surface area contributed by atoms with Crippen molar-refractivity contribution in [3.05, 3.63) is 41.1 Å². The summed E-state index contributed by atoms with van der Waals surface area (Å²) in [5.74, 6) is -2.51. The predicted octanol–water partition coefficient (Wildman–Crippen LogP) is 2.72. The van der Waals surface area contributed by atoms with Crippen molar-refractivity contribution in [3.8, 4) is 11.3 Å². The van der Waals surface area contributed by atoms with E-state index >= 15 is 0 Å². The molecule has 1 fully saturated rings. The molecule has 1 saturated heterocycles. The summed E-state index contributed by atoms with van der Waals surface area (Å²) in [7, 11) is -1.02. The van der Waals surface area contributed by atoms with Gasteiger partial charge in [-0.1, -0.05) is 24.3 Å². The van der Waals surface area contributed by atoms with Crippen LogP contribution in [0.5, 0.6) is 0 Å². The standard InChI is InChI=1S/C19H21F3N4OS/c1-28(27)10-15(23)11-2-4-12(5-3-11)16-14-6-7-19(21,22)17(14)25-18(24-16)26-8-13(20)9-26/h2-5,13,15H,6-10,23H2,1H3. The second-order valence-corrected chi connectivity index (χ2v) is 8.85. The Kier molecular flexibility index (Phi) is 4.91. The first kappa shape index (κ1) is 19.3. The van der Waals surface area contributed by atoms with Gasteiger partial charge in [0.1, 0.15) is 11.9 Å². The summed E-state index contributed by atoms with van der Waals surface area (Å²) >= 11 is 0. The van der Waals surface area contributed by atoms with Crippen LogP contribution in [0.4, 0.5) is 19.1 Å². The second kappa shape index (κ2) is 7.11. The van der Waals surface area contributed by atoms with E-state index in [-0.39, 0.29) is 43.6 Å². The van der Waals surface area contributed by atoms with Crippen LogP contribution in [0, 0.1) is 0 Å². The molecule has 0 bridgehead atoms. The Hall–Kier alpha value is -2.00. The van der Waals surface area contributed by atoms with Crippen LogP contribution in [-0.4, -0.2) is 45.4 Å². The molecule has 0 spiro atoms. The number of nitrogens with zero attached hydrogens (tertiary/aromatic N) is 3. The fraction of sp³-hybridized carbons (Fsp3) is 0.474. The molecule has 9 heteroatoms. The van der Waals surface area contributed by atoms with E-state index in [1.165, 1.54) is 0 Å². The van der Waals surface area contributed by atoms with Gasteiger partial charge in [-0.25, -0.2) is 14.4 Å². The predicted molar refractivity (Wildman–Crippen MR) is 103 cm³/mol. The summed E-state index contributed by atoms with van der Waals surface area (Å²) in [6.07, 6.45) is 0.507. The Morgan fingerprint density at radius 2 is 1.96 bits per heavy atom. The molecule has 2 aliphatic rings. The van der Waals surface area contributed by atoms with E-state index in [9.17, 15) is 17.4 Å². The molecule has 1 aliphatic carbocycles. The molecule has 2 aromatic rings. The molecular formula is C19H21F3N4OS. The van der Waals surface area contributed by atoms with Crippen molar-refractivity contribution in [2.75, 3.05) is 30.0 Å². The fourth-order valence-electron chi connectivity index (χ4n) is 3.62. The van der Waals surface area contributed by atoms with E-state index in [4.69, 9.17) is 5.73 Å². The van der Waals surface area contributed by atoms with Gasteiger partial charge in [0.25, 0.3) is 5.92 Å². The van der Waals surface area contributed by atoms with Gasteiger partial charge in [0.05, 0.1) is 18.8 Å². The van der Waals surface area contributed by atoms with Crippen molar-refractivity contribution < 1.29 is 17.4 Å². The average Bonchev–Trinajstić information content (AvgIpc) is 2.93. The van der Waals surface area contributed by atoms with Crippen LogP contribution in [0.25, 0.3) is 11.3 Å². The molecule has 150 valence electrons. The van der Waals surface area contributed by atoms with E-state index in [2.05, 4.69) is 9.97 Å². The molecule has 5 nitrogen and oxygen atoms in total. The van der Waals surface area contributed by atoms with Crippen molar-refractivity contribution in [2.45, 2.75) is 31.0 Å². The summed E-state index contributed by atoms with van der Waals surface area (Å²) in [6.45, 7) is 0.234.